The number of nitrogens with one attached hydrogen (secondary N) is 1. The lowest BCUT2D eigenvalue weighted by Crippen LogP contribution is -2.10. The van der Waals surface area contributed by atoms with Gasteiger partial charge in [-0.05, 0) is 55.5 Å². The van der Waals surface area contributed by atoms with Gasteiger partial charge in [-0.1, -0.05) is 23.7 Å². The summed E-state index contributed by atoms with van der Waals surface area (Å²) in [6.07, 6.45) is 0. The van der Waals surface area contributed by atoms with Gasteiger partial charge in [-0.15, -0.1) is 0 Å². The van der Waals surface area contributed by atoms with Gasteiger partial charge < -0.3 is 18.9 Å². The summed E-state index contributed by atoms with van der Waals surface area (Å²) >= 11 is 6.00. The number of carbonyl (C=O) groups is 2. The van der Waals surface area contributed by atoms with E-state index in [-0.39, 0.29) is 17.3 Å². The molecule has 33 heavy (non-hydrogen) atoms. The maximum atomic E-state index is 13.0. The first kappa shape index (κ1) is 20.8. The maximum absolute atomic E-state index is 13.0. The van der Waals surface area contributed by atoms with E-state index in [4.69, 9.17) is 25.2 Å². The summed E-state index contributed by atoms with van der Waals surface area (Å²) in [6.45, 7) is 1.83. The van der Waals surface area contributed by atoms with Crippen LogP contribution in [0.4, 0.5) is 5.69 Å². The SMILES string of the molecule is COc1cccc(C(=O)c2oc3cc(NC(=O)c4cc5cc(Cl)ccc5o4)ccc3c2C)c1. The molecule has 5 rings (SSSR count). The molecule has 2 heterocycles. The van der Waals surface area contributed by atoms with Crippen LogP contribution in [0.2, 0.25) is 5.02 Å². The average molecular weight is 460 g/mol. The number of hydrogen-bond donors (Lipinski definition) is 1. The van der Waals surface area contributed by atoms with Gasteiger partial charge in [0.05, 0.1) is 7.11 Å². The molecule has 0 aliphatic carbocycles. The van der Waals surface area contributed by atoms with Crippen molar-refractivity contribution >= 4 is 50.9 Å². The van der Waals surface area contributed by atoms with E-state index in [0.29, 0.717) is 33.2 Å². The molecule has 3 aromatic carbocycles. The Kier molecular flexibility index (Phi) is 5.15. The Labute approximate surface area is 193 Å². The number of methoxy groups -OCH3 is 1. The van der Waals surface area contributed by atoms with E-state index in [2.05, 4.69) is 5.32 Å². The molecule has 164 valence electrons. The first-order valence-electron chi connectivity index (χ1n) is 10.2. The Hall–Kier alpha value is -4.03. The van der Waals surface area contributed by atoms with Crippen molar-refractivity contribution < 1.29 is 23.2 Å². The van der Waals surface area contributed by atoms with E-state index in [0.717, 1.165) is 16.3 Å². The molecule has 1 amide bonds. The fourth-order valence-corrected chi connectivity index (χ4v) is 3.91. The van der Waals surface area contributed by atoms with Crippen LogP contribution in [0.3, 0.4) is 0 Å². The zero-order valence-electron chi connectivity index (χ0n) is 17.8. The zero-order valence-corrected chi connectivity index (χ0v) is 18.5. The number of fused-ring (bicyclic) bond motifs is 2. The van der Waals surface area contributed by atoms with Crippen molar-refractivity contribution in [2.24, 2.45) is 0 Å². The third-order valence-corrected chi connectivity index (χ3v) is 5.67. The highest BCUT2D eigenvalue weighted by atomic mass is 35.5. The number of halogens is 1. The van der Waals surface area contributed by atoms with E-state index in [1.54, 1.807) is 67.8 Å². The maximum Gasteiger partial charge on any atom is 0.291 e. The minimum atomic E-state index is -0.405. The highest BCUT2D eigenvalue weighted by molar-refractivity contribution is 6.31. The normalized spacial score (nSPS) is 11.1. The summed E-state index contributed by atoms with van der Waals surface area (Å²) in [7, 11) is 1.55. The van der Waals surface area contributed by atoms with Gasteiger partial charge >= 0.3 is 0 Å². The summed E-state index contributed by atoms with van der Waals surface area (Å²) in [6, 6.07) is 18.9. The Balaban J connectivity index is 1.43. The van der Waals surface area contributed by atoms with E-state index in [1.807, 2.05) is 13.0 Å². The minimum Gasteiger partial charge on any atom is -0.497 e. The molecule has 0 bridgehead atoms. The molecule has 0 fully saturated rings. The molecule has 0 atom stereocenters. The topological polar surface area (TPSA) is 81.7 Å². The van der Waals surface area contributed by atoms with Crippen LogP contribution >= 0.6 is 11.6 Å². The van der Waals surface area contributed by atoms with Crippen LogP contribution in [-0.2, 0) is 0 Å². The monoisotopic (exact) mass is 459 g/mol. The summed E-state index contributed by atoms with van der Waals surface area (Å²) in [5.41, 5.74) is 2.77. The van der Waals surface area contributed by atoms with E-state index >= 15 is 0 Å². The number of ether oxygens (including phenoxy) is 1. The Morgan fingerprint density at radius 3 is 2.61 bits per heavy atom. The van der Waals surface area contributed by atoms with Gasteiger partial charge in [-0.3, -0.25) is 9.59 Å². The van der Waals surface area contributed by atoms with Gasteiger partial charge in [0, 0.05) is 38.7 Å². The molecular weight excluding hydrogens is 442 g/mol. The number of aryl methyl sites for hydroxylation is 1. The fourth-order valence-electron chi connectivity index (χ4n) is 3.73. The largest absolute Gasteiger partial charge is 0.497 e. The van der Waals surface area contributed by atoms with Crippen LogP contribution in [0, 0.1) is 6.92 Å². The van der Waals surface area contributed by atoms with E-state index < -0.39 is 5.91 Å². The molecule has 0 aliphatic rings. The lowest BCUT2D eigenvalue weighted by atomic mass is 10.0. The zero-order chi connectivity index (χ0) is 23.1. The number of hydrogen-bond acceptors (Lipinski definition) is 5. The summed E-state index contributed by atoms with van der Waals surface area (Å²) < 4.78 is 16.7. The second-order valence-corrected chi connectivity index (χ2v) is 8.01. The highest BCUT2D eigenvalue weighted by Gasteiger charge is 2.20. The van der Waals surface area contributed by atoms with Crippen LogP contribution in [0.1, 0.15) is 32.2 Å². The molecule has 0 saturated carbocycles. The molecule has 0 aliphatic heterocycles. The number of benzene rings is 3. The molecule has 1 N–H and O–H groups in total. The quantitative estimate of drug-likeness (QED) is 0.298. The second-order valence-electron chi connectivity index (χ2n) is 7.58. The first-order valence-corrected chi connectivity index (χ1v) is 10.5. The van der Waals surface area contributed by atoms with Crippen molar-refractivity contribution in [1.82, 2.24) is 0 Å². The summed E-state index contributed by atoms with van der Waals surface area (Å²) in [5, 5.41) is 4.90. The van der Waals surface area contributed by atoms with Crippen LogP contribution in [0.25, 0.3) is 21.9 Å². The number of ketones is 1. The van der Waals surface area contributed by atoms with Crippen molar-refractivity contribution in [1.29, 1.82) is 0 Å². The molecule has 6 nitrogen and oxygen atoms in total. The minimum absolute atomic E-state index is 0.164. The van der Waals surface area contributed by atoms with Gasteiger partial charge in [-0.25, -0.2) is 0 Å². The van der Waals surface area contributed by atoms with Crippen molar-refractivity contribution in [2.75, 3.05) is 12.4 Å². The molecule has 2 aromatic heterocycles. The molecule has 0 saturated heterocycles. The molecule has 7 heteroatoms. The first-order chi connectivity index (χ1) is 15.9. The Morgan fingerprint density at radius 2 is 1.79 bits per heavy atom. The standard InChI is InChI=1S/C26H18ClNO5/c1-14-20-8-7-18(28-26(30)23-12-16-10-17(27)6-9-21(16)32-23)13-22(20)33-25(14)24(29)15-4-3-5-19(11-15)31-2/h3-13H,1-2H3,(H,28,30). The Bertz CT molecular complexity index is 1550. The lowest BCUT2D eigenvalue weighted by Gasteiger charge is -2.02. The molecule has 0 unspecified atom stereocenters. The molecule has 5 aromatic rings. The summed E-state index contributed by atoms with van der Waals surface area (Å²) in [5.74, 6) is 0.354. The van der Waals surface area contributed by atoms with Gasteiger partial charge in [0.15, 0.2) is 11.5 Å². The second kappa shape index (κ2) is 8.15. The van der Waals surface area contributed by atoms with Crippen molar-refractivity contribution in [3.63, 3.8) is 0 Å². The number of furan rings is 2. The van der Waals surface area contributed by atoms with Crippen LogP contribution in [0.5, 0.6) is 5.75 Å². The predicted octanol–water partition coefficient (Wildman–Crippen LogP) is 6.63. The molecular formula is C26H18ClNO5. The van der Waals surface area contributed by atoms with Crippen molar-refractivity contribution in [3.8, 4) is 5.75 Å². The molecule has 0 spiro atoms. The molecule has 0 radical (unpaired) electrons. The number of anilines is 1. The smallest absolute Gasteiger partial charge is 0.291 e. The van der Waals surface area contributed by atoms with Gasteiger partial charge in [0.1, 0.15) is 16.9 Å². The lowest BCUT2D eigenvalue weighted by molar-refractivity contribution is 0.0995. The van der Waals surface area contributed by atoms with E-state index in [1.165, 1.54) is 0 Å². The highest BCUT2D eigenvalue weighted by Crippen LogP contribution is 2.30. The van der Waals surface area contributed by atoms with Gasteiger partial charge in [-0.2, -0.15) is 0 Å². The van der Waals surface area contributed by atoms with Gasteiger partial charge in [0.25, 0.3) is 5.91 Å². The van der Waals surface area contributed by atoms with E-state index in [9.17, 15) is 9.59 Å². The van der Waals surface area contributed by atoms with Crippen LogP contribution < -0.4 is 10.1 Å². The number of amides is 1. The fraction of sp³-hybridized carbons (Fsp3) is 0.0769. The predicted molar refractivity (Wildman–Crippen MR) is 127 cm³/mol. The number of carbonyl (C=O) groups excluding carboxylic acids is 2. The average Bonchev–Trinajstić information content (AvgIpc) is 3.39. The Morgan fingerprint density at radius 1 is 0.939 bits per heavy atom. The third kappa shape index (κ3) is 3.85. The van der Waals surface area contributed by atoms with Gasteiger partial charge in [0.2, 0.25) is 5.78 Å². The van der Waals surface area contributed by atoms with Crippen LogP contribution in [-0.4, -0.2) is 18.8 Å². The van der Waals surface area contributed by atoms with Crippen molar-refractivity contribution in [3.05, 3.63) is 94.4 Å². The van der Waals surface area contributed by atoms with Crippen molar-refractivity contribution in [2.45, 2.75) is 6.92 Å². The summed E-state index contributed by atoms with van der Waals surface area (Å²) in [4.78, 5) is 25.7. The van der Waals surface area contributed by atoms with Crippen LogP contribution in [0.15, 0.2) is 75.6 Å². The number of rotatable bonds is 5. The third-order valence-electron chi connectivity index (χ3n) is 5.44.